The zero-order valence-corrected chi connectivity index (χ0v) is 9.82. The molecule has 0 radical (unpaired) electrons. The minimum Gasteiger partial charge on any atom is -0.465 e. The number of nitrogens with zero attached hydrogens (tertiary/aromatic N) is 2. The van der Waals surface area contributed by atoms with E-state index in [1.54, 1.807) is 13.8 Å². The zero-order valence-electron chi connectivity index (χ0n) is 9.00. The molecule has 0 spiro atoms. The fourth-order valence-electron chi connectivity index (χ4n) is 1.06. The van der Waals surface area contributed by atoms with Crippen molar-refractivity contribution in [3.8, 4) is 0 Å². The van der Waals surface area contributed by atoms with E-state index in [9.17, 15) is 9.59 Å². The molecule has 0 amide bonds. The van der Waals surface area contributed by atoms with Crippen LogP contribution in [0.3, 0.4) is 0 Å². The lowest BCUT2D eigenvalue weighted by atomic mass is 10.1. The molecule has 0 aliphatic heterocycles. The molecule has 1 rings (SSSR count). The molecule has 0 unspecified atom stereocenters. The minimum atomic E-state index is -1.12. The largest absolute Gasteiger partial charge is 0.465 e. The van der Waals surface area contributed by atoms with Gasteiger partial charge in [0.2, 0.25) is 5.92 Å². The summed E-state index contributed by atoms with van der Waals surface area (Å²) in [5.41, 5.74) is 1.45. The predicted molar refractivity (Wildman–Crippen MR) is 55.9 cm³/mol. The smallest absolute Gasteiger partial charge is 0.327 e. The summed E-state index contributed by atoms with van der Waals surface area (Å²) in [6, 6.07) is 0. The van der Waals surface area contributed by atoms with Crippen molar-refractivity contribution in [2.45, 2.75) is 19.8 Å². The average Bonchev–Trinajstić information content (AvgIpc) is 2.72. The van der Waals surface area contributed by atoms with Crippen LogP contribution in [0.5, 0.6) is 0 Å². The summed E-state index contributed by atoms with van der Waals surface area (Å²) in [5.74, 6) is -2.43. The minimum absolute atomic E-state index is 0.202. The van der Waals surface area contributed by atoms with Crippen LogP contribution in [0.15, 0.2) is 5.51 Å². The van der Waals surface area contributed by atoms with Crippen molar-refractivity contribution < 1.29 is 19.1 Å². The Morgan fingerprint density at radius 2 is 1.88 bits per heavy atom. The number of esters is 2. The maximum absolute atomic E-state index is 11.6. The van der Waals surface area contributed by atoms with Gasteiger partial charge in [0.1, 0.15) is 10.5 Å². The van der Waals surface area contributed by atoms with Gasteiger partial charge in [0.25, 0.3) is 0 Å². The number of aromatic nitrogens is 2. The fraction of sp³-hybridized carbons (Fsp3) is 0.556. The predicted octanol–water partition coefficient (Wildman–Crippen LogP) is 0.748. The Morgan fingerprint density at radius 1 is 1.31 bits per heavy atom. The topological polar surface area (TPSA) is 78.4 Å². The summed E-state index contributed by atoms with van der Waals surface area (Å²) < 4.78 is 9.59. The lowest BCUT2D eigenvalue weighted by Crippen LogP contribution is -2.26. The molecule has 6 nitrogen and oxygen atoms in total. The summed E-state index contributed by atoms with van der Waals surface area (Å²) in [4.78, 5) is 23.1. The van der Waals surface area contributed by atoms with Gasteiger partial charge < -0.3 is 9.47 Å². The van der Waals surface area contributed by atoms with Crippen LogP contribution >= 0.6 is 11.3 Å². The lowest BCUT2D eigenvalue weighted by molar-refractivity contribution is -0.156. The van der Waals surface area contributed by atoms with Gasteiger partial charge >= 0.3 is 11.9 Å². The van der Waals surface area contributed by atoms with Gasteiger partial charge in [0.05, 0.1) is 13.2 Å². The molecular formula is C9H12N2O4S. The standard InChI is InChI=1S/C9H12N2O4S/c1-3-14-8(12)6(9(13)15-4-2)7-11-10-5-16-7/h5-6H,3-4H2,1-2H3. The Labute approximate surface area is 96.6 Å². The molecule has 0 saturated heterocycles. The van der Waals surface area contributed by atoms with Crippen LogP contribution in [-0.2, 0) is 19.1 Å². The van der Waals surface area contributed by atoms with Gasteiger partial charge in [0.15, 0.2) is 0 Å². The van der Waals surface area contributed by atoms with Crippen LogP contribution in [0.25, 0.3) is 0 Å². The van der Waals surface area contributed by atoms with Crippen molar-refractivity contribution in [2.75, 3.05) is 13.2 Å². The van der Waals surface area contributed by atoms with E-state index in [-0.39, 0.29) is 18.2 Å². The van der Waals surface area contributed by atoms with Crippen LogP contribution in [0.2, 0.25) is 0 Å². The molecule has 0 N–H and O–H groups in total. The molecule has 1 aromatic heterocycles. The Hall–Kier alpha value is -1.50. The molecule has 0 fully saturated rings. The highest BCUT2D eigenvalue weighted by molar-refractivity contribution is 7.09. The second kappa shape index (κ2) is 6.16. The third-order valence-corrected chi connectivity index (χ3v) is 2.43. The van der Waals surface area contributed by atoms with E-state index in [1.807, 2.05) is 0 Å². The van der Waals surface area contributed by atoms with Gasteiger partial charge in [-0.3, -0.25) is 9.59 Å². The highest BCUT2D eigenvalue weighted by atomic mass is 32.1. The number of carbonyl (C=O) groups excluding carboxylic acids is 2. The molecule has 1 heterocycles. The van der Waals surface area contributed by atoms with Crippen LogP contribution < -0.4 is 0 Å². The molecule has 88 valence electrons. The Bertz CT molecular complexity index is 334. The highest BCUT2D eigenvalue weighted by Crippen LogP contribution is 2.20. The van der Waals surface area contributed by atoms with E-state index in [1.165, 1.54) is 5.51 Å². The summed E-state index contributed by atoms with van der Waals surface area (Å²) >= 11 is 1.12. The van der Waals surface area contributed by atoms with E-state index in [4.69, 9.17) is 9.47 Å². The second-order valence-corrected chi connectivity index (χ2v) is 3.58. The molecule has 0 atom stereocenters. The molecule has 16 heavy (non-hydrogen) atoms. The van der Waals surface area contributed by atoms with E-state index in [2.05, 4.69) is 10.2 Å². The number of rotatable bonds is 5. The van der Waals surface area contributed by atoms with E-state index < -0.39 is 17.9 Å². The molecule has 0 aliphatic carbocycles. The number of hydrogen-bond acceptors (Lipinski definition) is 7. The first-order valence-electron chi connectivity index (χ1n) is 4.80. The third kappa shape index (κ3) is 2.99. The number of hydrogen-bond donors (Lipinski definition) is 0. The van der Waals surface area contributed by atoms with Gasteiger partial charge in [-0.1, -0.05) is 0 Å². The molecule has 7 heteroatoms. The molecule has 1 aromatic rings. The van der Waals surface area contributed by atoms with E-state index >= 15 is 0 Å². The van der Waals surface area contributed by atoms with Gasteiger partial charge in [-0.2, -0.15) is 0 Å². The number of ether oxygens (including phenoxy) is 2. The molecule has 0 aliphatic rings. The third-order valence-electron chi connectivity index (χ3n) is 1.67. The Kier molecular flexibility index (Phi) is 4.84. The van der Waals surface area contributed by atoms with Gasteiger partial charge in [0, 0.05) is 0 Å². The van der Waals surface area contributed by atoms with Gasteiger partial charge in [-0.25, -0.2) is 0 Å². The lowest BCUT2D eigenvalue weighted by Gasteiger charge is -2.11. The van der Waals surface area contributed by atoms with Crippen LogP contribution in [-0.4, -0.2) is 35.3 Å². The maximum atomic E-state index is 11.6. The maximum Gasteiger partial charge on any atom is 0.327 e. The van der Waals surface area contributed by atoms with Crippen molar-refractivity contribution in [3.05, 3.63) is 10.5 Å². The van der Waals surface area contributed by atoms with Crippen LogP contribution in [0.4, 0.5) is 0 Å². The van der Waals surface area contributed by atoms with Gasteiger partial charge in [-0.15, -0.1) is 21.5 Å². The first-order valence-corrected chi connectivity index (χ1v) is 5.68. The molecule has 0 saturated carbocycles. The van der Waals surface area contributed by atoms with E-state index in [0.29, 0.717) is 0 Å². The zero-order chi connectivity index (χ0) is 12.0. The van der Waals surface area contributed by atoms with Crippen molar-refractivity contribution in [1.82, 2.24) is 10.2 Å². The fourth-order valence-corrected chi connectivity index (χ4v) is 1.68. The number of carbonyl (C=O) groups is 2. The highest BCUT2D eigenvalue weighted by Gasteiger charge is 2.34. The molecule has 0 aromatic carbocycles. The first kappa shape index (κ1) is 12.6. The monoisotopic (exact) mass is 244 g/mol. The molecular weight excluding hydrogens is 232 g/mol. The van der Waals surface area contributed by atoms with Crippen molar-refractivity contribution in [3.63, 3.8) is 0 Å². The Morgan fingerprint density at radius 3 is 2.25 bits per heavy atom. The van der Waals surface area contributed by atoms with E-state index in [0.717, 1.165) is 11.3 Å². The summed E-state index contributed by atoms with van der Waals surface area (Å²) in [7, 11) is 0. The van der Waals surface area contributed by atoms with Crippen LogP contribution in [0.1, 0.15) is 24.8 Å². The van der Waals surface area contributed by atoms with Crippen LogP contribution in [0, 0.1) is 0 Å². The SMILES string of the molecule is CCOC(=O)C(C(=O)OCC)c1nncs1. The summed E-state index contributed by atoms with van der Waals surface area (Å²) in [6.45, 7) is 3.74. The van der Waals surface area contributed by atoms with Gasteiger partial charge in [-0.05, 0) is 13.8 Å². The molecule has 0 bridgehead atoms. The normalized spacial score (nSPS) is 10.2. The first-order chi connectivity index (χ1) is 7.70. The average molecular weight is 244 g/mol. The van der Waals surface area contributed by atoms with Crippen molar-refractivity contribution in [1.29, 1.82) is 0 Å². The van der Waals surface area contributed by atoms with Crippen molar-refractivity contribution in [2.24, 2.45) is 0 Å². The quantitative estimate of drug-likeness (QED) is 0.561. The Balaban J connectivity index is 2.85. The second-order valence-electron chi connectivity index (χ2n) is 2.71. The summed E-state index contributed by atoms with van der Waals surface area (Å²) in [6.07, 6.45) is 0. The summed E-state index contributed by atoms with van der Waals surface area (Å²) in [5, 5.41) is 7.56. The van der Waals surface area contributed by atoms with Crippen molar-refractivity contribution >= 4 is 23.3 Å².